The van der Waals surface area contributed by atoms with Crippen molar-refractivity contribution in [3.8, 4) is 5.75 Å². The van der Waals surface area contributed by atoms with Crippen molar-refractivity contribution in [3.05, 3.63) is 29.3 Å². The number of hydrogen-bond donors (Lipinski definition) is 2. The maximum Gasteiger partial charge on any atom is 1.00 e. The van der Waals surface area contributed by atoms with Crippen molar-refractivity contribution in [3.63, 3.8) is 0 Å². The van der Waals surface area contributed by atoms with Gasteiger partial charge in [-0.2, -0.15) is 0 Å². The van der Waals surface area contributed by atoms with Gasteiger partial charge in [0.2, 0.25) is 0 Å². The summed E-state index contributed by atoms with van der Waals surface area (Å²) in [6.07, 6.45) is 0. The zero-order chi connectivity index (χ0) is 12.3. The Morgan fingerprint density at radius 2 is 1.89 bits per heavy atom. The molecule has 6 heteroatoms. The molecule has 1 aromatic carbocycles. The van der Waals surface area contributed by atoms with Crippen LogP contribution < -0.4 is 29.6 Å². The zero-order valence-electron chi connectivity index (χ0n) is 11.2. The average molecular weight is 258 g/mol. The minimum atomic E-state index is -0.561. The molecule has 0 saturated heterocycles. The molecule has 0 saturated carbocycles. The Morgan fingerprint density at radius 1 is 1.33 bits per heavy atom. The predicted octanol–water partition coefficient (Wildman–Crippen LogP) is -1.54. The monoisotopic (exact) mass is 258 g/mol. The molecule has 0 aromatic heterocycles. The van der Waals surface area contributed by atoms with Crippen molar-refractivity contribution in [2.75, 3.05) is 0 Å². The Labute approximate surface area is 131 Å². The van der Waals surface area contributed by atoms with Crippen LogP contribution in [0.2, 0.25) is 0 Å². The second kappa shape index (κ2) is 7.84. The molecule has 0 bridgehead atoms. The minimum Gasteiger partial charge on any atom is -1.00 e. The van der Waals surface area contributed by atoms with Crippen LogP contribution in [0.3, 0.4) is 0 Å². The molecule has 0 atom stereocenters. The van der Waals surface area contributed by atoms with Gasteiger partial charge in [-0.3, -0.25) is 0 Å². The number of carbonyl (C=O) groups excluding carboxylic acids is 1. The maximum atomic E-state index is 11.7. The fourth-order valence-electron chi connectivity index (χ4n) is 1.18. The second-order valence-corrected chi connectivity index (χ2v) is 4.50. The Balaban J connectivity index is 0. The Bertz CT molecular complexity index is 402. The van der Waals surface area contributed by atoms with E-state index in [1.807, 2.05) is 0 Å². The fraction of sp³-hybridized carbons (Fsp3) is 0.417. The summed E-state index contributed by atoms with van der Waals surface area (Å²) in [5.74, 6) is -0.503. The fourth-order valence-corrected chi connectivity index (χ4v) is 1.18. The van der Waals surface area contributed by atoms with Crippen LogP contribution in [0.25, 0.3) is 0 Å². The zero-order valence-corrected chi connectivity index (χ0v) is 13.2. The molecule has 0 spiro atoms. The number of ether oxygens (including phenoxy) is 1. The molecule has 0 unspecified atom stereocenters. The minimum absolute atomic E-state index is 0. The van der Waals surface area contributed by atoms with E-state index in [0.717, 1.165) is 0 Å². The number of aromatic hydroxyl groups is 1. The van der Waals surface area contributed by atoms with Gasteiger partial charge in [-0.1, -0.05) is 0 Å². The van der Waals surface area contributed by atoms with Crippen LogP contribution in [-0.2, 0) is 11.3 Å². The number of esters is 1. The van der Waals surface area contributed by atoms with Crippen LogP contribution >= 0.6 is 0 Å². The number of carbonyl (C=O) groups is 1. The second-order valence-electron chi connectivity index (χ2n) is 4.50. The summed E-state index contributed by atoms with van der Waals surface area (Å²) in [5.41, 5.74) is 0.0640. The summed E-state index contributed by atoms with van der Waals surface area (Å²) in [7, 11) is 0. The molecule has 0 aliphatic rings. The summed E-state index contributed by atoms with van der Waals surface area (Å²) in [4.78, 5) is 11.7. The first kappa shape index (κ1) is 19.8. The first-order valence-corrected chi connectivity index (χ1v) is 4.99. The molecule has 0 aliphatic carbocycles. The summed E-state index contributed by atoms with van der Waals surface area (Å²) in [6, 6.07) is 4.25. The van der Waals surface area contributed by atoms with Crippen LogP contribution in [0.5, 0.6) is 5.75 Å². The van der Waals surface area contributed by atoms with Crippen LogP contribution in [0.4, 0.5) is 0 Å². The quantitative estimate of drug-likeness (QED) is 0.498. The molecule has 0 aliphatic heterocycles. The number of hydrogen-bond acceptors (Lipinski definition) is 4. The first-order valence-electron chi connectivity index (χ1n) is 4.99. The van der Waals surface area contributed by atoms with Crippen LogP contribution in [0, 0.1) is 0 Å². The van der Waals surface area contributed by atoms with Crippen molar-refractivity contribution < 1.29 is 49.3 Å². The van der Waals surface area contributed by atoms with Crippen molar-refractivity contribution in [2.45, 2.75) is 33.0 Å². The summed E-state index contributed by atoms with van der Waals surface area (Å²) < 4.78 is 5.16. The third kappa shape index (κ3) is 5.91. The van der Waals surface area contributed by atoms with Gasteiger partial charge in [0.25, 0.3) is 0 Å². The topological polar surface area (TPSA) is 66.8 Å². The van der Waals surface area contributed by atoms with Crippen LogP contribution in [0.1, 0.15) is 36.7 Å². The van der Waals surface area contributed by atoms with Gasteiger partial charge in [-0.15, -0.1) is 0 Å². The number of benzene rings is 1. The van der Waals surface area contributed by atoms with E-state index in [0.29, 0.717) is 11.1 Å². The van der Waals surface area contributed by atoms with Crippen LogP contribution in [0.15, 0.2) is 18.2 Å². The summed E-state index contributed by atoms with van der Waals surface area (Å²) in [5, 5.41) is 18.3. The smallest absolute Gasteiger partial charge is 1.00 e. The Kier molecular flexibility index (Phi) is 8.65. The molecular weight excluding hydrogens is 242 g/mol. The van der Waals surface area contributed by atoms with Gasteiger partial charge in [0, 0.05) is 5.56 Å². The van der Waals surface area contributed by atoms with Crippen molar-refractivity contribution in [2.24, 2.45) is 0 Å². The molecule has 92 valence electrons. The number of phenols is 1. The first-order chi connectivity index (χ1) is 7.33. The number of aliphatic hydroxyl groups is 1. The van der Waals surface area contributed by atoms with Gasteiger partial charge < -0.3 is 23.4 Å². The standard InChI is InChI=1S/C12H16O4.B.Na/c1-12(2,3)16-11(15)8-4-5-10(14)9(6-8)7-13;;/h4-6,13-14H,7H2,1-3H3;;/q;-1;+1. The molecule has 0 fully saturated rings. The molecule has 0 amide bonds. The van der Waals surface area contributed by atoms with Crippen molar-refractivity contribution >= 4 is 14.4 Å². The number of aliphatic hydroxyl groups excluding tert-OH is 1. The molecule has 2 N–H and O–H groups in total. The third-order valence-electron chi connectivity index (χ3n) is 1.88. The molecule has 4 nitrogen and oxygen atoms in total. The summed E-state index contributed by atoms with van der Waals surface area (Å²) in [6.45, 7) is 5.01. The van der Waals surface area contributed by atoms with Crippen molar-refractivity contribution in [1.82, 2.24) is 0 Å². The van der Waals surface area contributed by atoms with Gasteiger partial charge in [0.1, 0.15) is 11.4 Å². The summed E-state index contributed by atoms with van der Waals surface area (Å²) >= 11 is 0. The van der Waals surface area contributed by atoms with Gasteiger partial charge in [0.05, 0.1) is 12.2 Å². The van der Waals surface area contributed by atoms with E-state index >= 15 is 0 Å². The maximum absolute atomic E-state index is 11.7. The Morgan fingerprint density at radius 3 is 2.33 bits per heavy atom. The third-order valence-corrected chi connectivity index (χ3v) is 1.88. The SMILES string of the molecule is CC(C)(C)OC(=O)c1ccc(O)c(CO)c1.[B-].[Na+]. The largest absolute Gasteiger partial charge is 1.00 e. The predicted molar refractivity (Wildman–Crippen MR) is 65.0 cm³/mol. The molecular formula is C12H16BNaO4. The van der Waals surface area contributed by atoms with Gasteiger partial charge >= 0.3 is 35.5 Å². The molecule has 18 heavy (non-hydrogen) atoms. The van der Waals surface area contributed by atoms with E-state index in [1.54, 1.807) is 20.8 Å². The normalized spacial score (nSPS) is 10.0. The molecule has 4 radical (unpaired) electrons. The van der Waals surface area contributed by atoms with Gasteiger partial charge in [-0.25, -0.2) is 4.79 Å². The van der Waals surface area contributed by atoms with E-state index in [-0.39, 0.29) is 50.3 Å². The molecule has 1 aromatic rings. The number of rotatable bonds is 2. The molecule has 0 heterocycles. The Hall–Kier alpha value is -0.485. The van der Waals surface area contributed by atoms with E-state index in [2.05, 4.69) is 0 Å². The molecule has 1 rings (SSSR count). The van der Waals surface area contributed by atoms with Gasteiger partial charge in [0.15, 0.2) is 0 Å². The van der Waals surface area contributed by atoms with Crippen LogP contribution in [-0.4, -0.2) is 30.2 Å². The van der Waals surface area contributed by atoms with Crippen molar-refractivity contribution in [1.29, 1.82) is 0 Å². The van der Waals surface area contributed by atoms with E-state index in [9.17, 15) is 9.90 Å². The van der Waals surface area contributed by atoms with E-state index < -0.39 is 11.6 Å². The van der Waals surface area contributed by atoms with E-state index in [1.165, 1.54) is 18.2 Å². The van der Waals surface area contributed by atoms with Gasteiger partial charge in [-0.05, 0) is 39.0 Å². The van der Waals surface area contributed by atoms with E-state index in [4.69, 9.17) is 9.84 Å². The average Bonchev–Trinajstić information content (AvgIpc) is 2.15.